The van der Waals surface area contributed by atoms with Crippen LogP contribution in [0.2, 0.25) is 0 Å². The number of hydrogen-bond acceptors (Lipinski definition) is 16. The number of rotatable bonds is 37. The highest BCUT2D eigenvalue weighted by atomic mass is 33.1. The van der Waals surface area contributed by atoms with Crippen molar-refractivity contribution >= 4 is 153 Å². The van der Waals surface area contributed by atoms with Crippen molar-refractivity contribution in [1.29, 1.82) is 0 Å². The van der Waals surface area contributed by atoms with Gasteiger partial charge < -0.3 is 34.9 Å². The minimum Gasteiger partial charge on any atom is -0.395 e. The molecule has 0 rings (SSSR count). The van der Waals surface area contributed by atoms with Gasteiger partial charge in [-0.3, -0.25) is 4.18 Å². The Labute approximate surface area is 426 Å². The summed E-state index contributed by atoms with van der Waals surface area (Å²) >= 11 is 25.4. The summed E-state index contributed by atoms with van der Waals surface area (Å²) in [5.74, 6) is 0. The Balaban J connectivity index is 7.40. The zero-order valence-electron chi connectivity index (χ0n) is 38.4. The molecule has 0 fully saturated rings. The maximum Gasteiger partial charge on any atom is 0.208 e. The van der Waals surface area contributed by atoms with Gasteiger partial charge in [0.25, 0.3) is 0 Å². The number of nitrogens with zero attached hydrogens (tertiary/aromatic N) is 4. The van der Waals surface area contributed by atoms with Crippen LogP contribution in [-0.4, -0.2) is 127 Å². The SMILES string of the molecule is CCCCN(CCCC)C(=S)SSOC(SSC(=S)N(CCCC)CCCC)(SSC(=S)N(CCCC)CCCC)C(CO)(CO)C(O)SSC(=S)N(CCCC)CCCC. The Bertz CT molecular complexity index is 1100. The first-order valence-corrected chi connectivity index (χ1v) is 32.8. The van der Waals surface area contributed by atoms with Crippen molar-refractivity contribution in [3.63, 3.8) is 0 Å². The molecule has 0 saturated heterocycles. The molecule has 8 nitrogen and oxygen atoms in total. The molecule has 0 aromatic rings. The van der Waals surface area contributed by atoms with Gasteiger partial charge >= 0.3 is 0 Å². The Morgan fingerprint density at radius 2 is 0.721 bits per heavy atom. The zero-order valence-corrected chi connectivity index (χ0v) is 48.2. The molecule has 0 spiro atoms. The molecule has 3 N–H and O–H groups in total. The van der Waals surface area contributed by atoms with Crippen LogP contribution in [0.5, 0.6) is 0 Å². The van der Waals surface area contributed by atoms with Crippen LogP contribution >= 0.6 is 136 Å². The molecular formula is C41H80N4O4S12. The molecule has 61 heavy (non-hydrogen) atoms. The molecule has 0 aromatic carbocycles. The van der Waals surface area contributed by atoms with Crippen molar-refractivity contribution in [3.8, 4) is 0 Å². The minimum atomic E-state index is -1.63. The summed E-state index contributed by atoms with van der Waals surface area (Å²) in [5.41, 5.74) is -2.95. The lowest BCUT2D eigenvalue weighted by atomic mass is 9.91. The van der Waals surface area contributed by atoms with Gasteiger partial charge in [0, 0.05) is 63.2 Å². The summed E-state index contributed by atoms with van der Waals surface area (Å²) in [6.07, 6.45) is 16.5. The second-order valence-electron chi connectivity index (χ2n) is 15.0. The third kappa shape index (κ3) is 24.9. The van der Waals surface area contributed by atoms with Gasteiger partial charge in [-0.05, 0) is 105 Å². The van der Waals surface area contributed by atoms with Crippen LogP contribution < -0.4 is 0 Å². The second kappa shape index (κ2) is 40.1. The molecule has 0 aromatic heterocycles. The molecule has 0 saturated carbocycles. The van der Waals surface area contributed by atoms with E-state index in [1.54, 1.807) is 0 Å². The lowest BCUT2D eigenvalue weighted by molar-refractivity contribution is -0.0591. The Morgan fingerprint density at radius 1 is 0.459 bits per heavy atom. The maximum atomic E-state index is 12.5. The van der Waals surface area contributed by atoms with Gasteiger partial charge in [-0.1, -0.05) is 166 Å². The fourth-order valence-corrected chi connectivity index (χ4v) is 18.8. The summed E-state index contributed by atoms with van der Waals surface area (Å²) in [6.45, 7) is 23.0. The van der Waals surface area contributed by atoms with Crippen LogP contribution in [0.25, 0.3) is 0 Å². The number of thiocarbonyl (C=S) groups is 4. The maximum absolute atomic E-state index is 12.5. The molecule has 0 bridgehead atoms. The van der Waals surface area contributed by atoms with Gasteiger partial charge in [-0.25, -0.2) is 0 Å². The fraction of sp³-hybridized carbons (Fsp3) is 0.902. The molecule has 360 valence electrons. The van der Waals surface area contributed by atoms with Crippen LogP contribution in [0.3, 0.4) is 0 Å². The molecule has 0 aliphatic carbocycles. The minimum absolute atomic E-state index is 0.583. The van der Waals surface area contributed by atoms with E-state index in [1.807, 2.05) is 0 Å². The molecular weight excluding hydrogens is 997 g/mol. The average Bonchev–Trinajstić information content (AvgIpc) is 3.26. The average molecular weight is 1080 g/mol. The summed E-state index contributed by atoms with van der Waals surface area (Å²) in [6, 6.07) is 0. The highest BCUT2D eigenvalue weighted by Gasteiger charge is 2.60. The fourth-order valence-electron chi connectivity index (χ4n) is 5.47. The van der Waals surface area contributed by atoms with Gasteiger partial charge in [-0.2, -0.15) is 0 Å². The molecule has 0 heterocycles. The second-order valence-corrected chi connectivity index (χ2v) is 26.4. The Hall–Kier alpha value is 2.20. The van der Waals surface area contributed by atoms with E-state index in [9.17, 15) is 15.3 Å². The van der Waals surface area contributed by atoms with Crippen molar-refractivity contribution in [1.82, 2.24) is 19.6 Å². The standard InChI is InChI=1S/C41H80N4O4S12/c1-9-17-25-42(26-18-10-2)36(50)55-54-35(48)40(33-46,34-47)41(59-56-37(51)43(27-19-11-3)28-20-12-4,60-57-38(52)44(29-21-13-5)30-22-14-6)49-61-58-39(53)45(31-23-15-7)32-24-16-8/h35,46-48H,9-34H2,1-8H3. The van der Waals surface area contributed by atoms with Gasteiger partial charge in [0.2, 0.25) is 4.27 Å². The van der Waals surface area contributed by atoms with Gasteiger partial charge in [-0.15, -0.1) is 0 Å². The summed E-state index contributed by atoms with van der Waals surface area (Å²) in [7, 11) is 9.30. The van der Waals surface area contributed by atoms with Crippen molar-refractivity contribution in [3.05, 3.63) is 0 Å². The van der Waals surface area contributed by atoms with E-state index in [1.165, 1.54) is 64.8 Å². The quantitative estimate of drug-likeness (QED) is 0.0239. The largest absolute Gasteiger partial charge is 0.395 e. The van der Waals surface area contributed by atoms with Gasteiger partial charge in [0.1, 0.15) is 28.1 Å². The highest BCUT2D eigenvalue weighted by molar-refractivity contribution is 8.92. The van der Waals surface area contributed by atoms with Crippen LogP contribution in [0.1, 0.15) is 158 Å². The number of unbranched alkanes of at least 4 members (excludes halogenated alkanes) is 8. The molecule has 0 amide bonds. The summed E-state index contributed by atoms with van der Waals surface area (Å²) < 4.78 is 8.30. The molecule has 20 heteroatoms. The van der Waals surface area contributed by atoms with E-state index in [0.717, 1.165) is 177 Å². The lowest BCUT2D eigenvalue weighted by Crippen LogP contribution is -2.55. The third-order valence-electron chi connectivity index (χ3n) is 9.84. The van der Waals surface area contributed by atoms with E-state index >= 15 is 0 Å². The lowest BCUT2D eigenvalue weighted by Gasteiger charge is -2.47. The first kappa shape index (κ1) is 63.2. The molecule has 1 unspecified atom stereocenters. The smallest absolute Gasteiger partial charge is 0.208 e. The van der Waals surface area contributed by atoms with Crippen LogP contribution in [-0.2, 0) is 4.18 Å². The van der Waals surface area contributed by atoms with Gasteiger partial charge in [0.15, 0.2) is 0 Å². The van der Waals surface area contributed by atoms with E-state index in [-0.39, 0.29) is 0 Å². The first-order chi connectivity index (χ1) is 29.4. The number of aliphatic hydroxyl groups excluding tert-OH is 3. The van der Waals surface area contributed by atoms with E-state index in [0.29, 0.717) is 17.3 Å². The van der Waals surface area contributed by atoms with Crippen molar-refractivity contribution < 1.29 is 19.5 Å². The third-order valence-corrected chi connectivity index (χ3v) is 23.8. The first-order valence-electron chi connectivity index (χ1n) is 22.5. The normalized spacial score (nSPS) is 12.4. The Kier molecular flexibility index (Phi) is 41.6. The number of hydrogen-bond donors (Lipinski definition) is 3. The van der Waals surface area contributed by atoms with E-state index < -0.39 is 28.3 Å². The number of aliphatic hydroxyl groups is 3. The molecule has 0 aliphatic rings. The highest BCUT2D eigenvalue weighted by Crippen LogP contribution is 2.64. The monoisotopic (exact) mass is 1080 g/mol. The van der Waals surface area contributed by atoms with Crippen molar-refractivity contribution in [2.24, 2.45) is 5.41 Å². The van der Waals surface area contributed by atoms with Crippen molar-refractivity contribution in [2.75, 3.05) is 65.6 Å². The van der Waals surface area contributed by atoms with Crippen LogP contribution in [0, 0.1) is 5.41 Å². The predicted molar refractivity (Wildman–Crippen MR) is 303 cm³/mol. The molecule has 0 aliphatic heterocycles. The predicted octanol–water partition coefficient (Wildman–Crippen LogP) is 14.1. The van der Waals surface area contributed by atoms with Gasteiger partial charge in [0.05, 0.1) is 24.3 Å². The Morgan fingerprint density at radius 3 is 0.984 bits per heavy atom. The molecule has 1 atom stereocenters. The summed E-state index contributed by atoms with van der Waals surface area (Å²) in [4.78, 5) is 8.96. The summed E-state index contributed by atoms with van der Waals surface area (Å²) in [5, 5.41) is 35.8. The zero-order chi connectivity index (χ0) is 45.9. The van der Waals surface area contributed by atoms with E-state index in [2.05, 4.69) is 75.0 Å². The topological polar surface area (TPSA) is 82.9 Å². The van der Waals surface area contributed by atoms with Crippen LogP contribution in [0.15, 0.2) is 0 Å². The van der Waals surface area contributed by atoms with Crippen molar-refractivity contribution in [2.45, 2.75) is 168 Å². The molecule has 0 radical (unpaired) electrons. The van der Waals surface area contributed by atoms with Crippen LogP contribution in [0.4, 0.5) is 0 Å². The van der Waals surface area contributed by atoms with E-state index in [4.69, 9.17) is 53.1 Å².